The van der Waals surface area contributed by atoms with Crippen molar-refractivity contribution >= 4 is 27.5 Å². The molecule has 0 aliphatic carbocycles. The summed E-state index contributed by atoms with van der Waals surface area (Å²) in [5.74, 6) is 0. The highest BCUT2D eigenvalue weighted by atomic mass is 28.2. The number of rotatable bonds is 3. The van der Waals surface area contributed by atoms with Crippen LogP contribution in [0.4, 0.5) is 17.1 Å². The normalized spacial score (nSPS) is 11.2. The number of hydrogen-bond donors (Lipinski definition) is 0. The Balaban J connectivity index is 2.24. The SMILES string of the molecule is [Si][N+](c1ccccc1)(c1ccccc1)c1ccccc1. The Bertz CT molecular complexity index is 569. The molecule has 0 N–H and O–H groups in total. The highest BCUT2D eigenvalue weighted by Gasteiger charge is 2.30. The Morgan fingerprint density at radius 3 is 0.950 bits per heavy atom. The van der Waals surface area contributed by atoms with E-state index < -0.39 is 0 Å². The fourth-order valence-corrected chi connectivity index (χ4v) is 2.85. The number of para-hydroxylation sites is 3. The van der Waals surface area contributed by atoms with E-state index in [4.69, 9.17) is 0 Å². The zero-order valence-corrected chi connectivity index (χ0v) is 12.1. The van der Waals surface area contributed by atoms with Gasteiger partial charge in [-0.3, -0.25) is 4.15 Å². The van der Waals surface area contributed by atoms with Crippen LogP contribution in [0, 0.1) is 0 Å². The summed E-state index contributed by atoms with van der Waals surface area (Å²) in [6.07, 6.45) is 0. The van der Waals surface area contributed by atoms with Gasteiger partial charge in [-0.25, -0.2) is 0 Å². The lowest BCUT2D eigenvalue weighted by Gasteiger charge is -2.33. The van der Waals surface area contributed by atoms with Crippen molar-refractivity contribution in [3.05, 3.63) is 91.0 Å². The molecule has 2 heteroatoms. The predicted molar refractivity (Wildman–Crippen MR) is 86.2 cm³/mol. The van der Waals surface area contributed by atoms with Crippen molar-refractivity contribution in [1.29, 1.82) is 0 Å². The molecule has 3 aromatic rings. The van der Waals surface area contributed by atoms with Crippen LogP contribution in [-0.2, 0) is 0 Å². The summed E-state index contributed by atoms with van der Waals surface area (Å²) in [6.45, 7) is 0. The standard InChI is InChI=1S/C18H15NSi/c20-19(16-10-4-1-5-11-16,17-12-6-2-7-13-17)18-14-8-3-9-15-18/h1-15H/q+1. The highest BCUT2D eigenvalue weighted by Crippen LogP contribution is 2.40. The van der Waals surface area contributed by atoms with Crippen molar-refractivity contribution in [1.82, 2.24) is 4.15 Å². The second kappa shape index (κ2) is 5.45. The van der Waals surface area contributed by atoms with Gasteiger partial charge in [0.2, 0.25) is 0 Å². The van der Waals surface area contributed by atoms with Crippen LogP contribution >= 0.6 is 0 Å². The van der Waals surface area contributed by atoms with Gasteiger partial charge in [0.15, 0.2) is 0 Å². The maximum atomic E-state index is 4.01. The van der Waals surface area contributed by atoms with Crippen LogP contribution in [-0.4, -0.2) is 10.4 Å². The van der Waals surface area contributed by atoms with Crippen LogP contribution in [0.1, 0.15) is 0 Å². The minimum Gasteiger partial charge on any atom is -0.280 e. The molecule has 1 nitrogen and oxygen atoms in total. The van der Waals surface area contributed by atoms with Crippen LogP contribution in [0.5, 0.6) is 0 Å². The van der Waals surface area contributed by atoms with Gasteiger partial charge in [-0.05, 0) is 36.4 Å². The molecule has 20 heavy (non-hydrogen) atoms. The van der Waals surface area contributed by atoms with Crippen LogP contribution < -0.4 is 4.15 Å². The van der Waals surface area contributed by atoms with Gasteiger partial charge in [0.25, 0.3) is 0 Å². The third-order valence-corrected chi connectivity index (χ3v) is 4.21. The maximum Gasteiger partial charge on any atom is 0.467 e. The van der Waals surface area contributed by atoms with Gasteiger partial charge in [0, 0.05) is 0 Å². The summed E-state index contributed by atoms with van der Waals surface area (Å²) >= 11 is 0. The van der Waals surface area contributed by atoms with E-state index in [-0.39, 0.29) is 0 Å². The molecule has 95 valence electrons. The van der Waals surface area contributed by atoms with Crippen LogP contribution in [0.3, 0.4) is 0 Å². The molecule has 0 spiro atoms. The minimum atomic E-state index is 0.475. The molecular weight excluding hydrogens is 258 g/mol. The fraction of sp³-hybridized carbons (Fsp3) is 0. The van der Waals surface area contributed by atoms with Crippen molar-refractivity contribution in [3.63, 3.8) is 0 Å². The smallest absolute Gasteiger partial charge is 0.280 e. The van der Waals surface area contributed by atoms with E-state index in [1.54, 1.807) is 0 Å². The second-order valence-corrected chi connectivity index (χ2v) is 5.35. The van der Waals surface area contributed by atoms with E-state index in [9.17, 15) is 0 Å². The summed E-state index contributed by atoms with van der Waals surface area (Å²) < 4.78 is 0.475. The van der Waals surface area contributed by atoms with E-state index in [0.717, 1.165) is 0 Å². The average Bonchev–Trinajstić information content (AvgIpc) is 2.56. The summed E-state index contributed by atoms with van der Waals surface area (Å²) in [6, 6.07) is 31.3. The molecule has 0 saturated carbocycles. The molecule has 3 aromatic carbocycles. The monoisotopic (exact) mass is 273 g/mol. The maximum absolute atomic E-state index is 4.01. The minimum absolute atomic E-state index is 0.475. The topological polar surface area (TPSA) is 0 Å². The summed E-state index contributed by atoms with van der Waals surface area (Å²) in [5.41, 5.74) is 3.50. The Kier molecular flexibility index (Phi) is 3.50. The van der Waals surface area contributed by atoms with Crippen molar-refractivity contribution in [2.24, 2.45) is 0 Å². The molecule has 0 bridgehead atoms. The summed E-state index contributed by atoms with van der Waals surface area (Å²) in [5, 5.41) is 0. The number of quaternary nitrogens is 1. The Morgan fingerprint density at radius 2 is 0.700 bits per heavy atom. The fourth-order valence-electron chi connectivity index (χ4n) is 2.40. The van der Waals surface area contributed by atoms with Crippen molar-refractivity contribution in [2.45, 2.75) is 0 Å². The molecule has 0 aliphatic heterocycles. The molecular formula is C18H15NSi+. The van der Waals surface area contributed by atoms with Crippen molar-refractivity contribution in [2.75, 3.05) is 0 Å². The Hall–Kier alpha value is -2.16. The first-order chi connectivity index (χ1) is 9.82. The first-order valence-corrected chi connectivity index (χ1v) is 7.07. The molecule has 3 rings (SSSR count). The zero-order chi connectivity index (χ0) is 13.8. The largest absolute Gasteiger partial charge is 0.467 e. The van der Waals surface area contributed by atoms with Gasteiger partial charge in [0.05, 0.1) is 0 Å². The molecule has 0 fully saturated rings. The van der Waals surface area contributed by atoms with Crippen LogP contribution in [0.25, 0.3) is 0 Å². The van der Waals surface area contributed by atoms with Gasteiger partial charge in [0.1, 0.15) is 17.1 Å². The van der Waals surface area contributed by atoms with Crippen LogP contribution in [0.15, 0.2) is 91.0 Å². The van der Waals surface area contributed by atoms with Gasteiger partial charge in [-0.1, -0.05) is 54.6 Å². The summed E-state index contributed by atoms with van der Waals surface area (Å²) in [4.78, 5) is 0. The Morgan fingerprint density at radius 1 is 0.450 bits per heavy atom. The third-order valence-electron chi connectivity index (χ3n) is 3.43. The molecule has 0 amide bonds. The van der Waals surface area contributed by atoms with E-state index in [1.807, 2.05) is 18.2 Å². The third kappa shape index (κ3) is 2.20. The number of nitrogens with zero attached hydrogens (tertiary/aromatic N) is 1. The lowest BCUT2D eigenvalue weighted by molar-refractivity contribution is 0.806. The van der Waals surface area contributed by atoms with E-state index in [0.29, 0.717) is 4.15 Å². The molecule has 0 heterocycles. The zero-order valence-electron chi connectivity index (χ0n) is 11.1. The molecule has 0 saturated heterocycles. The first kappa shape index (κ1) is 12.8. The van der Waals surface area contributed by atoms with E-state index in [2.05, 4.69) is 83.2 Å². The van der Waals surface area contributed by atoms with Gasteiger partial charge >= 0.3 is 10.4 Å². The van der Waals surface area contributed by atoms with E-state index in [1.165, 1.54) is 17.1 Å². The second-order valence-electron chi connectivity index (χ2n) is 4.68. The first-order valence-electron chi connectivity index (χ1n) is 6.63. The van der Waals surface area contributed by atoms with Crippen molar-refractivity contribution in [3.8, 4) is 0 Å². The molecule has 0 unspecified atom stereocenters. The number of benzene rings is 3. The van der Waals surface area contributed by atoms with E-state index >= 15 is 0 Å². The number of hydrogen-bond acceptors (Lipinski definition) is 0. The van der Waals surface area contributed by atoms with Crippen molar-refractivity contribution < 1.29 is 0 Å². The van der Waals surface area contributed by atoms with Crippen LogP contribution in [0.2, 0.25) is 0 Å². The van der Waals surface area contributed by atoms with Gasteiger partial charge in [-0.2, -0.15) is 0 Å². The Labute approximate surface area is 123 Å². The lowest BCUT2D eigenvalue weighted by atomic mass is 10.2. The molecule has 0 aliphatic rings. The molecule has 0 atom stereocenters. The predicted octanol–water partition coefficient (Wildman–Crippen LogP) is 4.74. The molecule has 0 aromatic heterocycles. The average molecular weight is 273 g/mol. The highest BCUT2D eigenvalue weighted by molar-refractivity contribution is 6.21. The van der Waals surface area contributed by atoms with Gasteiger partial charge in [-0.15, -0.1) is 0 Å². The van der Waals surface area contributed by atoms with Gasteiger partial charge < -0.3 is 0 Å². The molecule has 3 radical (unpaired) electrons. The quantitative estimate of drug-likeness (QED) is 0.605. The summed E-state index contributed by atoms with van der Waals surface area (Å²) in [7, 11) is 4.01. The lowest BCUT2D eigenvalue weighted by Crippen LogP contribution is -2.35.